The molecule has 4 nitrogen and oxygen atoms in total. The van der Waals surface area contributed by atoms with Gasteiger partial charge in [0.2, 0.25) is 11.1 Å². The summed E-state index contributed by atoms with van der Waals surface area (Å²) in [5.74, 6) is 0. The minimum absolute atomic E-state index is 0.112. The Morgan fingerprint density at radius 2 is 1.71 bits per heavy atom. The first kappa shape index (κ1) is 11.9. The van der Waals surface area contributed by atoms with Crippen LogP contribution >= 0.6 is 0 Å². The Morgan fingerprint density at radius 3 is 2.57 bits per heavy atom. The number of nitrogens with zero attached hydrogens (tertiary/aromatic N) is 1. The fourth-order valence-electron chi connectivity index (χ4n) is 2.72. The molecule has 2 aromatic heterocycles. The fourth-order valence-corrected chi connectivity index (χ4v) is 2.72. The summed E-state index contributed by atoms with van der Waals surface area (Å²) < 4.78 is 7.16. The predicted molar refractivity (Wildman–Crippen MR) is 82.7 cm³/mol. The lowest BCUT2D eigenvalue weighted by Gasteiger charge is -2.07. The van der Waals surface area contributed by atoms with E-state index in [4.69, 9.17) is 4.42 Å². The molecule has 0 unspecified atom stereocenters. The van der Waals surface area contributed by atoms with E-state index in [1.165, 1.54) is 16.7 Å². The van der Waals surface area contributed by atoms with Gasteiger partial charge in [-0.05, 0) is 22.9 Å². The third-order valence-electron chi connectivity index (χ3n) is 3.83. The second kappa shape index (κ2) is 4.06. The Kier molecular flexibility index (Phi) is 2.30. The van der Waals surface area contributed by atoms with E-state index in [-0.39, 0.29) is 11.0 Å². The highest BCUT2D eigenvalue weighted by Crippen LogP contribution is 2.25. The summed E-state index contributed by atoms with van der Waals surface area (Å²) in [7, 11) is 1.60. The first-order chi connectivity index (χ1) is 10.2. The van der Waals surface area contributed by atoms with Crippen LogP contribution in [0.25, 0.3) is 32.8 Å². The van der Waals surface area contributed by atoms with Crippen LogP contribution in [0, 0.1) is 0 Å². The molecule has 0 amide bonds. The Balaban J connectivity index is 2.37. The Morgan fingerprint density at radius 1 is 0.905 bits per heavy atom. The molecule has 0 atom stereocenters. The quantitative estimate of drug-likeness (QED) is 0.367. The number of rotatable bonds is 0. The fraction of sp³-hybridized carbons (Fsp3) is 0.0588. The molecule has 0 N–H and O–H groups in total. The van der Waals surface area contributed by atoms with Gasteiger partial charge in [-0.1, -0.05) is 30.3 Å². The lowest BCUT2D eigenvalue weighted by molar-refractivity contribution is 0.613. The van der Waals surface area contributed by atoms with Gasteiger partial charge in [-0.2, -0.15) is 0 Å². The highest BCUT2D eigenvalue weighted by Gasteiger charge is 2.12. The first-order valence-corrected chi connectivity index (χ1v) is 6.61. The summed E-state index contributed by atoms with van der Waals surface area (Å²) in [6, 6.07) is 14.3. The van der Waals surface area contributed by atoms with Crippen molar-refractivity contribution >= 4 is 32.8 Å². The van der Waals surface area contributed by atoms with Gasteiger partial charge in [-0.3, -0.25) is 14.2 Å². The third kappa shape index (κ3) is 1.56. The molecule has 0 aliphatic heterocycles. The molecule has 21 heavy (non-hydrogen) atoms. The molecule has 0 bridgehead atoms. The number of benzene rings is 2. The maximum atomic E-state index is 12.8. The normalized spacial score (nSPS) is 11.5. The van der Waals surface area contributed by atoms with Crippen molar-refractivity contribution in [3.63, 3.8) is 0 Å². The SMILES string of the molecule is Cn1c(=O)ccc2c(=O)c3c(ccc4ccccc43)oc21. The first-order valence-electron chi connectivity index (χ1n) is 6.61. The van der Waals surface area contributed by atoms with Crippen molar-refractivity contribution in [2.75, 3.05) is 0 Å². The summed E-state index contributed by atoms with van der Waals surface area (Å²) in [6.07, 6.45) is 0. The van der Waals surface area contributed by atoms with Crippen LogP contribution in [0.2, 0.25) is 0 Å². The Labute approximate surface area is 118 Å². The summed E-state index contributed by atoms with van der Waals surface area (Å²) in [4.78, 5) is 24.5. The molecule has 0 aliphatic carbocycles. The van der Waals surface area contributed by atoms with Gasteiger partial charge in [-0.15, -0.1) is 0 Å². The van der Waals surface area contributed by atoms with Crippen LogP contribution in [0.1, 0.15) is 0 Å². The van der Waals surface area contributed by atoms with Crippen molar-refractivity contribution in [3.8, 4) is 0 Å². The topological polar surface area (TPSA) is 52.2 Å². The molecule has 2 aromatic carbocycles. The number of hydrogen-bond donors (Lipinski definition) is 0. The minimum atomic E-state index is -0.203. The summed E-state index contributed by atoms with van der Waals surface area (Å²) in [5, 5.41) is 2.82. The van der Waals surface area contributed by atoms with Crippen molar-refractivity contribution < 1.29 is 4.42 Å². The van der Waals surface area contributed by atoms with E-state index < -0.39 is 0 Å². The number of fused-ring (bicyclic) bond motifs is 4. The highest BCUT2D eigenvalue weighted by molar-refractivity contribution is 6.07. The molecule has 4 heteroatoms. The standard InChI is InChI=1S/C17H11NO3/c1-18-14(19)9-7-12-16(20)15-11-5-3-2-4-10(11)6-8-13(15)21-17(12)18/h2-9H,1H3. The number of pyridine rings is 1. The van der Waals surface area contributed by atoms with Crippen LogP contribution in [-0.2, 0) is 7.05 Å². The second-order valence-corrected chi connectivity index (χ2v) is 5.04. The molecule has 0 radical (unpaired) electrons. The molecule has 2 heterocycles. The molecule has 0 aliphatic rings. The summed E-state index contributed by atoms with van der Waals surface area (Å²) in [6.45, 7) is 0. The average Bonchev–Trinajstić information content (AvgIpc) is 2.51. The van der Waals surface area contributed by atoms with Gasteiger partial charge in [0.25, 0.3) is 5.56 Å². The molecule has 0 saturated carbocycles. The van der Waals surface area contributed by atoms with Gasteiger partial charge in [0, 0.05) is 13.1 Å². The smallest absolute Gasteiger partial charge is 0.253 e. The predicted octanol–water partition coefficient (Wildman–Crippen LogP) is 2.80. The van der Waals surface area contributed by atoms with E-state index in [0.29, 0.717) is 22.1 Å². The van der Waals surface area contributed by atoms with Crippen molar-refractivity contribution in [2.24, 2.45) is 7.05 Å². The number of aryl methyl sites for hydroxylation is 1. The third-order valence-corrected chi connectivity index (χ3v) is 3.83. The zero-order valence-corrected chi connectivity index (χ0v) is 11.3. The lowest BCUT2D eigenvalue weighted by atomic mass is 10.0. The van der Waals surface area contributed by atoms with Gasteiger partial charge < -0.3 is 4.42 Å². The van der Waals surface area contributed by atoms with E-state index in [2.05, 4.69) is 0 Å². The van der Waals surface area contributed by atoms with E-state index in [1.807, 2.05) is 30.3 Å². The molecular weight excluding hydrogens is 266 g/mol. The number of aromatic nitrogens is 1. The van der Waals surface area contributed by atoms with Crippen molar-refractivity contribution in [2.45, 2.75) is 0 Å². The van der Waals surface area contributed by atoms with Gasteiger partial charge in [-0.25, -0.2) is 0 Å². The molecule has 0 spiro atoms. The van der Waals surface area contributed by atoms with Gasteiger partial charge in [0.15, 0.2) is 0 Å². The molecule has 4 aromatic rings. The van der Waals surface area contributed by atoms with Crippen LogP contribution in [0.5, 0.6) is 0 Å². The Bertz CT molecular complexity index is 1140. The van der Waals surface area contributed by atoms with E-state index in [0.717, 1.165) is 10.8 Å². The van der Waals surface area contributed by atoms with Crippen LogP contribution in [0.4, 0.5) is 0 Å². The van der Waals surface area contributed by atoms with Crippen LogP contribution in [0.3, 0.4) is 0 Å². The number of hydrogen-bond acceptors (Lipinski definition) is 3. The summed E-state index contributed by atoms with van der Waals surface area (Å²) in [5.41, 5.74) is 0.479. The van der Waals surface area contributed by atoms with Crippen LogP contribution in [-0.4, -0.2) is 4.57 Å². The minimum Gasteiger partial charge on any atom is -0.439 e. The molecule has 4 rings (SSSR count). The van der Waals surface area contributed by atoms with Crippen molar-refractivity contribution in [1.29, 1.82) is 0 Å². The average molecular weight is 277 g/mol. The van der Waals surface area contributed by atoms with Crippen molar-refractivity contribution in [3.05, 3.63) is 69.1 Å². The zero-order valence-electron chi connectivity index (χ0n) is 11.3. The van der Waals surface area contributed by atoms with Crippen LogP contribution < -0.4 is 11.0 Å². The van der Waals surface area contributed by atoms with Gasteiger partial charge in [0.1, 0.15) is 5.58 Å². The Hall–Kier alpha value is -2.88. The largest absolute Gasteiger partial charge is 0.439 e. The highest BCUT2D eigenvalue weighted by atomic mass is 16.3. The maximum Gasteiger partial charge on any atom is 0.253 e. The molecule has 102 valence electrons. The van der Waals surface area contributed by atoms with Gasteiger partial charge >= 0.3 is 0 Å². The maximum absolute atomic E-state index is 12.8. The molecule has 0 fully saturated rings. The molecule has 0 saturated heterocycles. The van der Waals surface area contributed by atoms with Crippen LogP contribution in [0.15, 0.2) is 62.5 Å². The lowest BCUT2D eigenvalue weighted by Crippen LogP contribution is -2.17. The second-order valence-electron chi connectivity index (χ2n) is 5.04. The van der Waals surface area contributed by atoms with E-state index in [1.54, 1.807) is 13.1 Å². The van der Waals surface area contributed by atoms with E-state index >= 15 is 0 Å². The zero-order chi connectivity index (χ0) is 14.6. The van der Waals surface area contributed by atoms with E-state index in [9.17, 15) is 9.59 Å². The summed E-state index contributed by atoms with van der Waals surface area (Å²) >= 11 is 0. The van der Waals surface area contributed by atoms with Gasteiger partial charge in [0.05, 0.1) is 10.8 Å². The molecular formula is C17H11NO3. The van der Waals surface area contributed by atoms with Crippen molar-refractivity contribution in [1.82, 2.24) is 4.57 Å². The monoisotopic (exact) mass is 277 g/mol.